The predicted molar refractivity (Wildman–Crippen MR) is 76.6 cm³/mol. The first-order chi connectivity index (χ1) is 9.81. The van der Waals surface area contributed by atoms with Gasteiger partial charge < -0.3 is 15.0 Å². The maximum atomic E-state index is 11.8. The number of para-hydroxylation sites is 2. The molecule has 1 aromatic heterocycles. The van der Waals surface area contributed by atoms with E-state index in [1.54, 1.807) is 0 Å². The van der Waals surface area contributed by atoms with Crippen molar-refractivity contribution in [1.82, 2.24) is 15.3 Å². The molecule has 106 valence electrons. The second kappa shape index (κ2) is 6.02. The monoisotopic (exact) mass is 274 g/mol. The summed E-state index contributed by atoms with van der Waals surface area (Å²) in [5, 5.41) is 5.99. The van der Waals surface area contributed by atoms with Crippen LogP contribution in [-0.4, -0.2) is 41.7 Å². The molecule has 0 saturated carbocycles. The summed E-state index contributed by atoms with van der Waals surface area (Å²) in [5.41, 5.74) is 1.74. The van der Waals surface area contributed by atoms with Crippen LogP contribution >= 0.6 is 0 Å². The molecule has 6 nitrogen and oxygen atoms in total. The third-order valence-electron chi connectivity index (χ3n) is 3.38. The number of H-pyrrole nitrogens is 1. The average Bonchev–Trinajstić information content (AvgIpc) is 2.88. The van der Waals surface area contributed by atoms with Crippen LogP contribution in [0.5, 0.6) is 0 Å². The Balaban J connectivity index is 1.52. The van der Waals surface area contributed by atoms with Crippen molar-refractivity contribution in [1.29, 1.82) is 0 Å². The molecule has 1 aromatic carbocycles. The number of hydrogen-bond acceptors (Lipinski definition) is 4. The average molecular weight is 274 g/mol. The van der Waals surface area contributed by atoms with Crippen LogP contribution in [0.4, 0.5) is 5.95 Å². The number of imidazole rings is 1. The molecule has 1 saturated heterocycles. The van der Waals surface area contributed by atoms with E-state index < -0.39 is 0 Å². The van der Waals surface area contributed by atoms with Gasteiger partial charge in [0, 0.05) is 0 Å². The minimum Gasteiger partial charge on any atom is -0.368 e. The van der Waals surface area contributed by atoms with Crippen LogP contribution in [0.15, 0.2) is 24.3 Å². The van der Waals surface area contributed by atoms with E-state index in [0.717, 1.165) is 37.0 Å². The minimum absolute atomic E-state index is 0.0711. The molecule has 1 aliphatic heterocycles. The van der Waals surface area contributed by atoms with Gasteiger partial charge in [0.25, 0.3) is 5.91 Å². The SMILES string of the molecule is O=C(COC1CCNCC1)Nc1nc2ccccc2[nH]1. The smallest absolute Gasteiger partial charge is 0.252 e. The Bertz CT molecular complexity index is 557. The summed E-state index contributed by atoms with van der Waals surface area (Å²) in [6.45, 7) is 1.98. The van der Waals surface area contributed by atoms with Crippen LogP contribution in [0, 0.1) is 0 Å². The summed E-state index contributed by atoms with van der Waals surface area (Å²) in [6.07, 6.45) is 2.09. The number of carbonyl (C=O) groups excluding carboxylic acids is 1. The Morgan fingerprint density at radius 3 is 2.95 bits per heavy atom. The standard InChI is InChI=1S/C14H18N4O2/c19-13(9-20-10-5-7-15-8-6-10)18-14-16-11-3-1-2-4-12(11)17-14/h1-4,10,15H,5-9H2,(H2,16,17,18,19). The van der Waals surface area contributed by atoms with E-state index in [0.29, 0.717) is 5.95 Å². The maximum Gasteiger partial charge on any atom is 0.252 e. The van der Waals surface area contributed by atoms with Gasteiger partial charge in [0.1, 0.15) is 6.61 Å². The van der Waals surface area contributed by atoms with Crippen LogP contribution in [0.25, 0.3) is 11.0 Å². The molecule has 0 aliphatic carbocycles. The lowest BCUT2D eigenvalue weighted by atomic mass is 10.1. The molecule has 0 radical (unpaired) electrons. The van der Waals surface area contributed by atoms with Gasteiger partial charge in [-0.1, -0.05) is 12.1 Å². The number of piperidine rings is 1. The van der Waals surface area contributed by atoms with Crippen molar-refractivity contribution in [2.24, 2.45) is 0 Å². The second-order valence-corrected chi connectivity index (χ2v) is 4.91. The fourth-order valence-electron chi connectivity index (χ4n) is 2.34. The molecular weight excluding hydrogens is 256 g/mol. The van der Waals surface area contributed by atoms with E-state index >= 15 is 0 Å². The lowest BCUT2D eigenvalue weighted by Crippen LogP contribution is -2.34. The number of amides is 1. The largest absolute Gasteiger partial charge is 0.368 e. The van der Waals surface area contributed by atoms with E-state index in [1.165, 1.54) is 0 Å². The molecular formula is C14H18N4O2. The molecule has 1 amide bonds. The third-order valence-corrected chi connectivity index (χ3v) is 3.38. The summed E-state index contributed by atoms with van der Waals surface area (Å²) in [4.78, 5) is 19.2. The number of rotatable bonds is 4. The Labute approximate surface area is 116 Å². The van der Waals surface area contributed by atoms with Crippen molar-refractivity contribution in [3.05, 3.63) is 24.3 Å². The zero-order valence-electron chi connectivity index (χ0n) is 11.2. The number of benzene rings is 1. The van der Waals surface area contributed by atoms with Gasteiger partial charge in [-0.05, 0) is 38.1 Å². The van der Waals surface area contributed by atoms with E-state index in [9.17, 15) is 4.79 Å². The van der Waals surface area contributed by atoms with Crippen molar-refractivity contribution < 1.29 is 9.53 Å². The highest BCUT2D eigenvalue weighted by Gasteiger charge is 2.15. The quantitative estimate of drug-likeness (QED) is 0.784. The molecule has 1 aliphatic rings. The van der Waals surface area contributed by atoms with Crippen molar-refractivity contribution in [2.45, 2.75) is 18.9 Å². The van der Waals surface area contributed by atoms with Crippen molar-refractivity contribution in [3.63, 3.8) is 0 Å². The highest BCUT2D eigenvalue weighted by Crippen LogP contribution is 2.13. The summed E-state index contributed by atoms with van der Waals surface area (Å²) in [7, 11) is 0. The number of anilines is 1. The van der Waals surface area contributed by atoms with Gasteiger partial charge in [0.15, 0.2) is 0 Å². The first-order valence-corrected chi connectivity index (χ1v) is 6.88. The molecule has 6 heteroatoms. The highest BCUT2D eigenvalue weighted by molar-refractivity contribution is 5.91. The number of aromatic amines is 1. The van der Waals surface area contributed by atoms with Gasteiger partial charge in [-0.3, -0.25) is 10.1 Å². The number of nitrogens with zero attached hydrogens (tertiary/aromatic N) is 1. The molecule has 3 rings (SSSR count). The molecule has 0 bridgehead atoms. The number of carbonyl (C=O) groups is 1. The summed E-state index contributed by atoms with van der Waals surface area (Å²) in [6, 6.07) is 7.65. The number of ether oxygens (including phenoxy) is 1. The Hall–Kier alpha value is -1.92. The number of hydrogen-bond donors (Lipinski definition) is 3. The Kier molecular flexibility index (Phi) is 3.94. The van der Waals surface area contributed by atoms with Crippen LogP contribution in [0.2, 0.25) is 0 Å². The van der Waals surface area contributed by atoms with Crippen molar-refractivity contribution in [3.8, 4) is 0 Å². The van der Waals surface area contributed by atoms with E-state index in [2.05, 4.69) is 20.6 Å². The van der Waals surface area contributed by atoms with Gasteiger partial charge in [-0.15, -0.1) is 0 Å². The second-order valence-electron chi connectivity index (χ2n) is 4.91. The predicted octanol–water partition coefficient (Wildman–Crippen LogP) is 1.27. The van der Waals surface area contributed by atoms with Crippen LogP contribution in [-0.2, 0) is 9.53 Å². The van der Waals surface area contributed by atoms with Crippen LogP contribution < -0.4 is 10.6 Å². The molecule has 3 N–H and O–H groups in total. The normalized spacial score (nSPS) is 16.4. The Morgan fingerprint density at radius 1 is 1.35 bits per heavy atom. The lowest BCUT2D eigenvalue weighted by molar-refractivity contribution is -0.123. The summed E-state index contributed by atoms with van der Waals surface area (Å²) < 4.78 is 5.60. The van der Waals surface area contributed by atoms with Gasteiger partial charge >= 0.3 is 0 Å². The number of nitrogens with one attached hydrogen (secondary N) is 3. The lowest BCUT2D eigenvalue weighted by Gasteiger charge is -2.22. The van der Waals surface area contributed by atoms with Gasteiger partial charge in [-0.2, -0.15) is 0 Å². The van der Waals surface area contributed by atoms with E-state index in [1.807, 2.05) is 24.3 Å². The zero-order valence-corrected chi connectivity index (χ0v) is 11.2. The van der Waals surface area contributed by atoms with Crippen LogP contribution in [0.3, 0.4) is 0 Å². The van der Waals surface area contributed by atoms with Crippen molar-refractivity contribution >= 4 is 22.9 Å². The molecule has 0 atom stereocenters. The third kappa shape index (κ3) is 3.15. The van der Waals surface area contributed by atoms with E-state index in [-0.39, 0.29) is 18.6 Å². The van der Waals surface area contributed by atoms with Gasteiger partial charge in [0.2, 0.25) is 5.95 Å². The molecule has 0 spiro atoms. The molecule has 1 fully saturated rings. The molecule has 2 aromatic rings. The minimum atomic E-state index is -0.178. The van der Waals surface area contributed by atoms with Gasteiger partial charge in [-0.25, -0.2) is 4.98 Å². The van der Waals surface area contributed by atoms with Crippen LogP contribution in [0.1, 0.15) is 12.8 Å². The summed E-state index contributed by atoms with van der Waals surface area (Å²) >= 11 is 0. The first-order valence-electron chi connectivity index (χ1n) is 6.88. The Morgan fingerprint density at radius 2 is 2.15 bits per heavy atom. The summed E-state index contributed by atoms with van der Waals surface area (Å²) in [5.74, 6) is 0.285. The molecule has 2 heterocycles. The zero-order chi connectivity index (χ0) is 13.8. The fraction of sp³-hybridized carbons (Fsp3) is 0.429. The number of aromatic nitrogens is 2. The van der Waals surface area contributed by atoms with E-state index in [4.69, 9.17) is 4.74 Å². The topological polar surface area (TPSA) is 79.0 Å². The maximum absolute atomic E-state index is 11.8. The molecule has 0 unspecified atom stereocenters. The van der Waals surface area contributed by atoms with Gasteiger partial charge in [0.05, 0.1) is 17.1 Å². The van der Waals surface area contributed by atoms with Crippen molar-refractivity contribution in [2.75, 3.05) is 25.0 Å². The first kappa shape index (κ1) is 13.1. The fourth-order valence-corrected chi connectivity index (χ4v) is 2.34. The highest BCUT2D eigenvalue weighted by atomic mass is 16.5. The number of fused-ring (bicyclic) bond motifs is 1. The molecule has 20 heavy (non-hydrogen) atoms.